The summed E-state index contributed by atoms with van der Waals surface area (Å²) in [6.45, 7) is 3.49. The van der Waals surface area contributed by atoms with Crippen LogP contribution in [0.5, 0.6) is 0 Å². The smallest absolute Gasteiger partial charge is 0.218 e. The van der Waals surface area contributed by atoms with Crippen LogP contribution in [0, 0.1) is 28.6 Å². The molecule has 2 heterocycles. The number of aliphatic hydroxyl groups excluding tert-OH is 2. The van der Waals surface area contributed by atoms with Crippen LogP contribution in [0.2, 0.25) is 0 Å². The molecule has 7 heteroatoms. The molecule has 4 aliphatic carbocycles. The highest BCUT2D eigenvalue weighted by Crippen LogP contribution is 2.70. The van der Waals surface area contributed by atoms with Crippen LogP contribution in [-0.4, -0.2) is 46.2 Å². The second-order valence-electron chi connectivity index (χ2n) is 10.9. The van der Waals surface area contributed by atoms with E-state index in [2.05, 4.69) is 6.92 Å². The monoisotopic (exact) mass is 454 g/mol. The average molecular weight is 455 g/mol. The number of aliphatic hydroxyl groups is 2. The molecular formula is C26H30O7. The molecule has 0 bridgehead atoms. The molecule has 2 N–H and O–H groups in total. The van der Waals surface area contributed by atoms with Crippen LogP contribution in [0.3, 0.4) is 0 Å². The van der Waals surface area contributed by atoms with Crippen LogP contribution in [0.1, 0.15) is 51.6 Å². The lowest BCUT2D eigenvalue weighted by Crippen LogP contribution is -2.63. The third-order valence-corrected chi connectivity index (χ3v) is 9.57. The van der Waals surface area contributed by atoms with Gasteiger partial charge in [-0.1, -0.05) is 25.5 Å². The maximum atomic E-state index is 13.4. The number of allylic oxidation sites excluding steroid dienone is 4. The number of carbonyl (C=O) groups is 2. The van der Waals surface area contributed by atoms with E-state index < -0.39 is 41.9 Å². The van der Waals surface area contributed by atoms with E-state index in [-0.39, 0.29) is 29.0 Å². The Balaban J connectivity index is 1.41. The van der Waals surface area contributed by atoms with Crippen molar-refractivity contribution in [1.29, 1.82) is 0 Å². The Kier molecular flexibility index (Phi) is 4.54. The maximum Gasteiger partial charge on any atom is 0.218 e. The summed E-state index contributed by atoms with van der Waals surface area (Å²) < 4.78 is 18.2. The van der Waals surface area contributed by atoms with Crippen LogP contribution in [0.4, 0.5) is 0 Å². The number of furan rings is 1. The zero-order valence-electron chi connectivity index (χ0n) is 18.9. The molecule has 5 aliphatic rings. The first kappa shape index (κ1) is 21.5. The van der Waals surface area contributed by atoms with Gasteiger partial charge >= 0.3 is 0 Å². The van der Waals surface area contributed by atoms with Crippen LogP contribution in [0.15, 0.2) is 46.6 Å². The molecule has 0 radical (unpaired) electrons. The van der Waals surface area contributed by atoms with E-state index in [1.54, 1.807) is 24.3 Å². The maximum absolute atomic E-state index is 13.4. The molecule has 1 aliphatic heterocycles. The van der Waals surface area contributed by atoms with Gasteiger partial charge in [-0.3, -0.25) is 9.59 Å². The lowest BCUT2D eigenvalue weighted by atomic mass is 9.46. The summed E-state index contributed by atoms with van der Waals surface area (Å²) in [6.07, 6.45) is 7.42. The first-order chi connectivity index (χ1) is 15.7. The summed E-state index contributed by atoms with van der Waals surface area (Å²) in [5.74, 6) is 0.254. The predicted octanol–water partition coefficient (Wildman–Crippen LogP) is 2.88. The van der Waals surface area contributed by atoms with E-state index >= 15 is 0 Å². The van der Waals surface area contributed by atoms with E-state index in [1.807, 2.05) is 13.0 Å². The van der Waals surface area contributed by atoms with E-state index in [1.165, 1.54) is 6.26 Å². The molecule has 1 aromatic heterocycles. The largest absolute Gasteiger partial charge is 0.464 e. The molecule has 4 fully saturated rings. The van der Waals surface area contributed by atoms with Gasteiger partial charge in [0.2, 0.25) is 6.29 Å². The summed E-state index contributed by atoms with van der Waals surface area (Å²) in [5, 5.41) is 21.5. The Morgan fingerprint density at radius 1 is 1.30 bits per heavy atom. The third kappa shape index (κ3) is 2.59. The number of ketones is 2. The average Bonchev–Trinajstić information content (AvgIpc) is 3.48. The van der Waals surface area contributed by atoms with Crippen molar-refractivity contribution in [2.75, 3.05) is 6.61 Å². The van der Waals surface area contributed by atoms with Gasteiger partial charge in [0.25, 0.3) is 0 Å². The van der Waals surface area contributed by atoms with Crippen molar-refractivity contribution in [2.24, 2.45) is 28.6 Å². The normalized spacial score (nSPS) is 48.0. The fourth-order valence-corrected chi connectivity index (χ4v) is 8.24. The molecule has 0 amide bonds. The zero-order chi connectivity index (χ0) is 23.2. The van der Waals surface area contributed by atoms with E-state index in [9.17, 15) is 19.8 Å². The molecule has 1 saturated heterocycles. The van der Waals surface area contributed by atoms with Crippen LogP contribution in [0.25, 0.3) is 0 Å². The molecule has 0 unspecified atom stereocenters. The number of rotatable bonds is 3. The van der Waals surface area contributed by atoms with Crippen molar-refractivity contribution in [3.63, 3.8) is 0 Å². The van der Waals surface area contributed by atoms with Gasteiger partial charge in [-0.15, -0.1) is 0 Å². The van der Waals surface area contributed by atoms with Crippen molar-refractivity contribution in [3.05, 3.63) is 48.0 Å². The zero-order valence-corrected chi connectivity index (χ0v) is 18.9. The van der Waals surface area contributed by atoms with Gasteiger partial charge in [0.1, 0.15) is 6.61 Å². The molecular weight excluding hydrogens is 424 g/mol. The van der Waals surface area contributed by atoms with Crippen molar-refractivity contribution >= 4 is 11.6 Å². The number of hydrogen-bond acceptors (Lipinski definition) is 7. The van der Waals surface area contributed by atoms with E-state index in [4.69, 9.17) is 13.9 Å². The van der Waals surface area contributed by atoms with Gasteiger partial charge < -0.3 is 24.1 Å². The van der Waals surface area contributed by atoms with Gasteiger partial charge in [-0.05, 0) is 61.8 Å². The molecule has 3 saturated carbocycles. The number of Topliss-reactive ketones (excluding diaryl/α,β-unsaturated/α-hetero) is 1. The lowest BCUT2D eigenvalue weighted by molar-refractivity contribution is -0.203. The molecule has 9 atom stereocenters. The first-order valence-corrected chi connectivity index (χ1v) is 11.9. The van der Waals surface area contributed by atoms with Gasteiger partial charge in [0, 0.05) is 16.7 Å². The second kappa shape index (κ2) is 6.98. The highest BCUT2D eigenvalue weighted by molar-refractivity contribution is 6.01. The van der Waals surface area contributed by atoms with Gasteiger partial charge in [0.15, 0.2) is 22.9 Å². The van der Waals surface area contributed by atoms with E-state index in [0.717, 1.165) is 18.4 Å². The Labute approximate surface area is 192 Å². The number of hydrogen-bond donors (Lipinski definition) is 2. The number of carbonyl (C=O) groups excluding carboxylic acids is 2. The fraction of sp³-hybridized carbons (Fsp3) is 0.615. The molecule has 176 valence electrons. The molecule has 33 heavy (non-hydrogen) atoms. The van der Waals surface area contributed by atoms with Crippen LogP contribution in [-0.2, 0) is 19.1 Å². The van der Waals surface area contributed by atoms with Crippen molar-refractivity contribution in [3.8, 4) is 0 Å². The first-order valence-electron chi connectivity index (χ1n) is 11.9. The van der Waals surface area contributed by atoms with Gasteiger partial charge in [-0.25, -0.2) is 0 Å². The van der Waals surface area contributed by atoms with Crippen molar-refractivity contribution < 1.29 is 33.7 Å². The lowest BCUT2D eigenvalue weighted by Gasteiger charge is -2.59. The summed E-state index contributed by atoms with van der Waals surface area (Å²) in [6, 6.07) is 3.49. The van der Waals surface area contributed by atoms with Crippen LogP contribution < -0.4 is 0 Å². The molecule has 6 rings (SSSR count). The quantitative estimate of drug-likeness (QED) is 0.723. The minimum absolute atomic E-state index is 0.00437. The number of fused-ring (bicyclic) bond motifs is 7. The predicted molar refractivity (Wildman–Crippen MR) is 116 cm³/mol. The summed E-state index contributed by atoms with van der Waals surface area (Å²) >= 11 is 0. The third-order valence-electron chi connectivity index (χ3n) is 9.57. The number of ether oxygens (including phenoxy) is 2. The molecule has 0 spiro atoms. The molecule has 1 aromatic rings. The van der Waals surface area contributed by atoms with Gasteiger partial charge in [-0.2, -0.15) is 0 Å². The molecule has 0 aromatic carbocycles. The summed E-state index contributed by atoms with van der Waals surface area (Å²) in [7, 11) is 0. The highest BCUT2D eigenvalue weighted by atomic mass is 16.8. The Morgan fingerprint density at radius 2 is 2.12 bits per heavy atom. The summed E-state index contributed by atoms with van der Waals surface area (Å²) in [4.78, 5) is 25.4. The van der Waals surface area contributed by atoms with Gasteiger partial charge in [0.05, 0.1) is 18.5 Å². The Hall–Kier alpha value is -2.06. The standard InChI is InChI=1S/C26H30O7/c1-24-8-7-15(28)10-14(24)5-6-16-17-11-21-26(20(30)13-27,25(17,2)12-18(29)22(16)24)33-23(32-21)19-4-3-9-31-19/h3-4,7-10,16-18,21-23,27,29H,5-6,11-13H2,1-2H3/t16-,17-,18+,21+,22+,23+,24+,25+,26+/m1/s1. The fourth-order valence-electron chi connectivity index (χ4n) is 8.24. The van der Waals surface area contributed by atoms with Crippen LogP contribution >= 0.6 is 0 Å². The van der Waals surface area contributed by atoms with Crippen molar-refractivity contribution in [2.45, 2.75) is 63.6 Å². The second-order valence-corrected chi connectivity index (χ2v) is 10.9. The SMILES string of the molecule is C[C@]12C=CC(=O)C=C1CC[C@H]1[C@H]2[C@@H](O)C[C@@]2(C)[C@@H]1C[C@@H]1O[C@H](c3ccco3)O[C@@]12C(=O)CO. The highest BCUT2D eigenvalue weighted by Gasteiger charge is 2.76. The minimum atomic E-state index is -1.34. The summed E-state index contributed by atoms with van der Waals surface area (Å²) in [5.41, 5.74) is -1.35. The van der Waals surface area contributed by atoms with E-state index in [0.29, 0.717) is 18.6 Å². The Morgan fingerprint density at radius 3 is 2.85 bits per heavy atom. The molecule has 7 nitrogen and oxygen atoms in total. The van der Waals surface area contributed by atoms with Crippen molar-refractivity contribution in [1.82, 2.24) is 0 Å². The Bertz CT molecular complexity index is 1060. The topological polar surface area (TPSA) is 106 Å². The minimum Gasteiger partial charge on any atom is -0.464 e.